The van der Waals surface area contributed by atoms with E-state index in [4.69, 9.17) is 33.3 Å². The molecule has 2 aliphatic rings. The molecule has 142 valence electrons. The summed E-state index contributed by atoms with van der Waals surface area (Å²) in [6.45, 7) is 0. The van der Waals surface area contributed by atoms with Crippen LogP contribution in [-0.4, -0.2) is 9.97 Å². The van der Waals surface area contributed by atoms with E-state index in [1.54, 1.807) is 0 Å². The molecule has 0 spiro atoms. The lowest BCUT2D eigenvalue weighted by Gasteiger charge is -2.15. The minimum Gasteiger partial charge on any atom is -0.442 e. The second-order valence-electron chi connectivity index (χ2n) is 7.44. The van der Waals surface area contributed by atoms with Crippen LogP contribution in [0.15, 0.2) is 33.1 Å². The van der Waals surface area contributed by atoms with E-state index in [0.29, 0.717) is 21.1 Å². The molecule has 0 saturated carbocycles. The first-order valence-corrected chi connectivity index (χ1v) is 10.7. The molecule has 1 aromatic carbocycles. The largest absolute Gasteiger partial charge is 0.442 e. The molecule has 2 aliphatic carbocycles. The highest BCUT2D eigenvalue weighted by Gasteiger charge is 2.18. The molecule has 0 amide bonds. The zero-order chi connectivity index (χ0) is 19.1. The fraction of sp³-hybridized carbons (Fsp3) is 0.364. The Bertz CT molecular complexity index is 1070. The van der Waals surface area contributed by atoms with Gasteiger partial charge in [0.1, 0.15) is 20.8 Å². The van der Waals surface area contributed by atoms with Crippen molar-refractivity contribution < 1.29 is 8.83 Å². The second kappa shape index (κ2) is 7.33. The number of aryl methyl sites for hydroxylation is 2. The van der Waals surface area contributed by atoms with Crippen LogP contribution in [0, 0.1) is 9.28 Å². The number of hydrogen-bond donors (Lipinski definition) is 0. The van der Waals surface area contributed by atoms with Crippen molar-refractivity contribution in [3.8, 4) is 22.9 Å². The van der Waals surface area contributed by atoms with E-state index >= 15 is 0 Å². The van der Waals surface area contributed by atoms with Gasteiger partial charge in [-0.15, -0.1) is 0 Å². The van der Waals surface area contributed by atoms with E-state index in [2.05, 4.69) is 9.97 Å². The molecule has 28 heavy (non-hydrogen) atoms. The Hall–Kier alpha value is -2.18. The van der Waals surface area contributed by atoms with Crippen LogP contribution in [0.2, 0.25) is 0 Å². The van der Waals surface area contributed by atoms with Crippen LogP contribution in [0.4, 0.5) is 0 Å². The fourth-order valence-electron chi connectivity index (χ4n) is 4.03. The van der Waals surface area contributed by atoms with E-state index in [1.165, 1.54) is 0 Å². The summed E-state index contributed by atoms with van der Waals surface area (Å²) in [5.41, 5.74) is 4.02. The summed E-state index contributed by atoms with van der Waals surface area (Å²) in [5.74, 6) is 3.15. The van der Waals surface area contributed by atoms with E-state index in [1.807, 2.05) is 24.3 Å². The third-order valence-electron chi connectivity index (χ3n) is 5.58. The predicted molar refractivity (Wildman–Crippen MR) is 112 cm³/mol. The highest BCUT2D eigenvalue weighted by molar-refractivity contribution is 7.71. The molecule has 0 bridgehead atoms. The molecule has 0 atom stereocenters. The molecule has 5 rings (SSSR count). The maximum Gasteiger partial charge on any atom is 0.227 e. The van der Waals surface area contributed by atoms with Crippen LogP contribution in [0.3, 0.4) is 0 Å². The minimum atomic E-state index is 0.580. The Morgan fingerprint density at radius 2 is 1.00 bits per heavy atom. The van der Waals surface area contributed by atoms with Crippen LogP contribution < -0.4 is 0 Å². The Labute approximate surface area is 173 Å². The first kappa shape index (κ1) is 17.9. The van der Waals surface area contributed by atoms with Crippen molar-refractivity contribution in [2.75, 3.05) is 0 Å². The minimum absolute atomic E-state index is 0.580. The number of aromatic nitrogens is 2. The molecule has 0 aliphatic heterocycles. The van der Waals surface area contributed by atoms with E-state index < -0.39 is 0 Å². The Balaban J connectivity index is 1.50. The monoisotopic (exact) mass is 408 g/mol. The van der Waals surface area contributed by atoms with Gasteiger partial charge in [-0.05, 0) is 62.8 Å². The number of fused-ring (bicyclic) bond motifs is 2. The van der Waals surface area contributed by atoms with Gasteiger partial charge >= 0.3 is 0 Å². The molecule has 0 unspecified atom stereocenters. The maximum absolute atomic E-state index is 6.07. The average Bonchev–Trinajstić information content (AvgIpc) is 2.74. The van der Waals surface area contributed by atoms with Crippen molar-refractivity contribution in [2.24, 2.45) is 0 Å². The van der Waals surface area contributed by atoms with E-state index in [9.17, 15) is 0 Å². The summed E-state index contributed by atoms with van der Waals surface area (Å²) in [6, 6.07) is 7.91. The highest BCUT2D eigenvalue weighted by Crippen LogP contribution is 2.30. The molecule has 0 saturated heterocycles. The topological polar surface area (TPSA) is 52.1 Å². The van der Waals surface area contributed by atoms with Gasteiger partial charge in [0.05, 0.1) is 0 Å². The lowest BCUT2D eigenvalue weighted by Crippen LogP contribution is -2.05. The molecule has 6 heteroatoms. The number of rotatable bonds is 2. The van der Waals surface area contributed by atoms with E-state index in [0.717, 1.165) is 85.1 Å². The Morgan fingerprint density at radius 3 is 1.43 bits per heavy atom. The van der Waals surface area contributed by atoms with Crippen molar-refractivity contribution in [3.05, 3.63) is 56.2 Å². The first-order valence-electron chi connectivity index (χ1n) is 9.85. The summed E-state index contributed by atoms with van der Waals surface area (Å²) >= 11 is 11.0. The van der Waals surface area contributed by atoms with Gasteiger partial charge in [0.15, 0.2) is 0 Å². The second-order valence-corrected chi connectivity index (χ2v) is 8.22. The lowest BCUT2D eigenvalue weighted by molar-refractivity contribution is 0.448. The van der Waals surface area contributed by atoms with Crippen molar-refractivity contribution in [1.82, 2.24) is 9.97 Å². The molecular formula is C22H20N2O2S2. The third kappa shape index (κ3) is 3.25. The quantitative estimate of drug-likeness (QED) is 0.470. The van der Waals surface area contributed by atoms with Crippen molar-refractivity contribution in [2.45, 2.75) is 51.4 Å². The van der Waals surface area contributed by atoms with Gasteiger partial charge in [-0.25, -0.2) is 9.97 Å². The summed E-state index contributed by atoms with van der Waals surface area (Å²) in [4.78, 5) is 9.05. The SMILES string of the molecule is S=c1nc(-c2ccc(-c3nc(=S)c4c(o3)CCCC4)cc2)oc2c1CCCC2. The van der Waals surface area contributed by atoms with Crippen molar-refractivity contribution >= 4 is 24.4 Å². The summed E-state index contributed by atoms with van der Waals surface area (Å²) < 4.78 is 13.5. The van der Waals surface area contributed by atoms with Gasteiger partial charge in [0.2, 0.25) is 11.8 Å². The number of hydrogen-bond acceptors (Lipinski definition) is 6. The molecule has 4 nitrogen and oxygen atoms in total. The van der Waals surface area contributed by atoms with Crippen molar-refractivity contribution in [3.63, 3.8) is 0 Å². The maximum atomic E-state index is 6.07. The Kier molecular flexibility index (Phi) is 4.69. The standard InChI is InChI=1S/C22H20N2O2S2/c27-21-15-5-1-3-7-17(15)25-19(23-21)13-9-11-14(12-10-13)20-24-22(28)16-6-2-4-8-18(16)26-20/h9-12H,1-8H2. The summed E-state index contributed by atoms with van der Waals surface area (Å²) in [7, 11) is 0. The van der Waals surface area contributed by atoms with Gasteiger partial charge in [-0.3, -0.25) is 0 Å². The molecule has 0 fully saturated rings. The summed E-state index contributed by atoms with van der Waals surface area (Å²) in [6.07, 6.45) is 8.41. The van der Waals surface area contributed by atoms with Crippen LogP contribution in [0.1, 0.15) is 48.3 Å². The van der Waals surface area contributed by atoms with Gasteiger partial charge in [-0.1, -0.05) is 24.4 Å². The lowest BCUT2D eigenvalue weighted by atomic mass is 9.98. The molecule has 2 aromatic heterocycles. The molecule has 2 heterocycles. The molecule has 0 radical (unpaired) electrons. The Morgan fingerprint density at radius 1 is 0.607 bits per heavy atom. The van der Waals surface area contributed by atoms with Gasteiger partial charge in [0.25, 0.3) is 0 Å². The zero-order valence-corrected chi connectivity index (χ0v) is 17.1. The summed E-state index contributed by atoms with van der Waals surface area (Å²) in [5, 5.41) is 0. The third-order valence-corrected chi connectivity index (χ3v) is 6.25. The van der Waals surface area contributed by atoms with Crippen LogP contribution in [-0.2, 0) is 25.7 Å². The normalized spacial score (nSPS) is 15.7. The average molecular weight is 409 g/mol. The van der Waals surface area contributed by atoms with Crippen LogP contribution in [0.25, 0.3) is 22.9 Å². The highest BCUT2D eigenvalue weighted by atomic mass is 32.1. The number of nitrogens with zero attached hydrogens (tertiary/aromatic N) is 2. The molecule has 3 aromatic rings. The van der Waals surface area contributed by atoms with Gasteiger partial charge in [0, 0.05) is 35.1 Å². The molecular weight excluding hydrogens is 388 g/mol. The van der Waals surface area contributed by atoms with E-state index in [-0.39, 0.29) is 0 Å². The van der Waals surface area contributed by atoms with Crippen LogP contribution >= 0.6 is 24.4 Å². The number of benzene rings is 1. The van der Waals surface area contributed by atoms with Crippen LogP contribution in [0.5, 0.6) is 0 Å². The zero-order valence-electron chi connectivity index (χ0n) is 15.5. The predicted octanol–water partition coefficient (Wildman–Crippen LogP) is 6.21. The fourth-order valence-corrected chi connectivity index (χ4v) is 4.63. The van der Waals surface area contributed by atoms with Gasteiger partial charge < -0.3 is 8.83 Å². The van der Waals surface area contributed by atoms with Gasteiger partial charge in [-0.2, -0.15) is 0 Å². The molecule has 0 N–H and O–H groups in total. The first-order chi connectivity index (χ1) is 13.7. The van der Waals surface area contributed by atoms with Crippen molar-refractivity contribution in [1.29, 1.82) is 0 Å². The smallest absolute Gasteiger partial charge is 0.227 e.